The van der Waals surface area contributed by atoms with Crippen LogP contribution in [-0.4, -0.2) is 15.9 Å². The van der Waals surface area contributed by atoms with Crippen molar-refractivity contribution in [1.29, 1.82) is 0 Å². The molecular weight excluding hydrogens is 428 g/mol. The standard InChI is InChI=1S/C27H28N4OS/c1-19-9-11-20(12-10-19)17-29-23-14-13-22(18-30-23)24(21-7-5-4-6-8-21)27(2,3)25(32)31-26-28-15-16-33-26/h4-16,18,24H,17H2,1-3H3,(H,29,30)(H,28,31,32). The molecule has 2 aromatic carbocycles. The van der Waals surface area contributed by atoms with Crippen LogP contribution in [-0.2, 0) is 11.3 Å². The summed E-state index contributed by atoms with van der Waals surface area (Å²) in [5.74, 6) is 0.557. The van der Waals surface area contributed by atoms with Gasteiger partial charge in [0.1, 0.15) is 5.82 Å². The number of benzene rings is 2. The van der Waals surface area contributed by atoms with Crippen molar-refractivity contribution >= 4 is 28.2 Å². The molecule has 0 aliphatic rings. The first kappa shape index (κ1) is 22.7. The Morgan fingerprint density at radius 3 is 2.36 bits per heavy atom. The normalized spacial score (nSPS) is 12.2. The van der Waals surface area contributed by atoms with E-state index in [1.54, 1.807) is 6.20 Å². The van der Waals surface area contributed by atoms with Crippen LogP contribution in [0.15, 0.2) is 84.5 Å². The third-order valence-corrected chi connectivity index (χ3v) is 6.50. The first-order chi connectivity index (χ1) is 15.9. The molecule has 1 unspecified atom stereocenters. The molecule has 33 heavy (non-hydrogen) atoms. The van der Waals surface area contributed by atoms with Crippen LogP contribution in [0.4, 0.5) is 10.9 Å². The minimum Gasteiger partial charge on any atom is -0.366 e. The van der Waals surface area contributed by atoms with Crippen molar-refractivity contribution in [3.8, 4) is 0 Å². The van der Waals surface area contributed by atoms with E-state index in [1.165, 1.54) is 22.5 Å². The molecular formula is C27H28N4OS. The van der Waals surface area contributed by atoms with Crippen molar-refractivity contribution in [3.63, 3.8) is 0 Å². The zero-order chi connectivity index (χ0) is 23.3. The number of amides is 1. The summed E-state index contributed by atoms with van der Waals surface area (Å²) in [6.07, 6.45) is 3.56. The Bertz CT molecular complexity index is 1170. The quantitative estimate of drug-likeness (QED) is 0.329. The molecule has 168 valence electrons. The Hall–Kier alpha value is -3.51. The second kappa shape index (κ2) is 9.96. The van der Waals surface area contributed by atoms with Gasteiger partial charge in [-0.05, 0) is 29.7 Å². The molecule has 2 aromatic heterocycles. The summed E-state index contributed by atoms with van der Waals surface area (Å²) in [6, 6.07) is 22.6. The number of hydrogen-bond acceptors (Lipinski definition) is 5. The minimum atomic E-state index is -0.731. The van der Waals surface area contributed by atoms with Crippen molar-refractivity contribution in [2.75, 3.05) is 10.6 Å². The van der Waals surface area contributed by atoms with Gasteiger partial charge in [0, 0.05) is 30.2 Å². The number of carbonyl (C=O) groups excluding carboxylic acids is 1. The number of hydrogen-bond donors (Lipinski definition) is 2. The molecule has 1 atom stereocenters. The fourth-order valence-electron chi connectivity index (χ4n) is 3.92. The van der Waals surface area contributed by atoms with E-state index in [0.29, 0.717) is 11.7 Å². The maximum Gasteiger partial charge on any atom is 0.232 e. The van der Waals surface area contributed by atoms with Crippen LogP contribution in [0.3, 0.4) is 0 Å². The number of anilines is 2. The summed E-state index contributed by atoms with van der Waals surface area (Å²) in [6.45, 7) is 6.73. The van der Waals surface area contributed by atoms with Crippen LogP contribution in [0.5, 0.6) is 0 Å². The third kappa shape index (κ3) is 5.46. The van der Waals surface area contributed by atoms with Gasteiger partial charge in [0.25, 0.3) is 0 Å². The second-order valence-corrected chi connectivity index (χ2v) is 9.57. The Kier molecular flexibility index (Phi) is 6.84. The molecule has 0 saturated carbocycles. The van der Waals surface area contributed by atoms with Crippen LogP contribution >= 0.6 is 11.3 Å². The van der Waals surface area contributed by atoms with Crippen LogP contribution in [0, 0.1) is 12.3 Å². The van der Waals surface area contributed by atoms with Crippen LogP contribution in [0.1, 0.15) is 42.0 Å². The van der Waals surface area contributed by atoms with Gasteiger partial charge >= 0.3 is 0 Å². The molecule has 0 fully saturated rings. The van der Waals surface area contributed by atoms with Gasteiger partial charge in [0.2, 0.25) is 5.91 Å². The number of rotatable bonds is 8. The number of aryl methyl sites for hydroxylation is 1. The van der Waals surface area contributed by atoms with Crippen molar-refractivity contribution in [2.24, 2.45) is 5.41 Å². The highest BCUT2D eigenvalue weighted by Crippen LogP contribution is 2.41. The van der Waals surface area contributed by atoms with Gasteiger partial charge < -0.3 is 10.6 Å². The predicted octanol–water partition coefficient (Wildman–Crippen LogP) is 6.26. The van der Waals surface area contributed by atoms with E-state index in [0.717, 1.165) is 16.9 Å². The largest absolute Gasteiger partial charge is 0.366 e. The molecule has 2 N–H and O–H groups in total. The maximum atomic E-state index is 13.3. The van der Waals surface area contributed by atoms with Gasteiger partial charge in [-0.25, -0.2) is 9.97 Å². The molecule has 1 amide bonds. The van der Waals surface area contributed by atoms with E-state index >= 15 is 0 Å². The van der Waals surface area contributed by atoms with Gasteiger partial charge in [0.05, 0.1) is 5.41 Å². The maximum absolute atomic E-state index is 13.3. The summed E-state index contributed by atoms with van der Waals surface area (Å²) in [7, 11) is 0. The average Bonchev–Trinajstić information content (AvgIpc) is 3.33. The SMILES string of the molecule is Cc1ccc(CNc2ccc(C(c3ccccc3)C(C)(C)C(=O)Nc3nccs3)cn2)cc1. The molecule has 4 rings (SSSR count). The highest BCUT2D eigenvalue weighted by molar-refractivity contribution is 7.13. The lowest BCUT2D eigenvalue weighted by Gasteiger charge is -2.33. The van der Waals surface area contributed by atoms with E-state index in [1.807, 2.05) is 49.7 Å². The number of pyridine rings is 1. The van der Waals surface area contributed by atoms with Gasteiger partial charge in [0.15, 0.2) is 5.13 Å². The van der Waals surface area contributed by atoms with Crippen molar-refractivity contribution < 1.29 is 4.79 Å². The summed E-state index contributed by atoms with van der Waals surface area (Å²) in [5.41, 5.74) is 3.77. The van der Waals surface area contributed by atoms with Gasteiger partial charge in [-0.2, -0.15) is 0 Å². The highest BCUT2D eigenvalue weighted by atomic mass is 32.1. The summed E-state index contributed by atoms with van der Waals surface area (Å²) >= 11 is 1.41. The fraction of sp³-hybridized carbons (Fsp3) is 0.222. The average molecular weight is 457 g/mol. The summed E-state index contributed by atoms with van der Waals surface area (Å²) in [4.78, 5) is 22.1. The number of carbonyl (C=O) groups is 1. The van der Waals surface area contributed by atoms with Crippen LogP contribution in [0.2, 0.25) is 0 Å². The summed E-state index contributed by atoms with van der Waals surface area (Å²) in [5, 5.41) is 8.81. The lowest BCUT2D eigenvalue weighted by Crippen LogP contribution is -2.37. The third-order valence-electron chi connectivity index (χ3n) is 5.81. The van der Waals surface area contributed by atoms with E-state index in [-0.39, 0.29) is 11.8 Å². The van der Waals surface area contributed by atoms with Gasteiger partial charge in [-0.3, -0.25) is 4.79 Å². The van der Waals surface area contributed by atoms with Gasteiger partial charge in [-0.15, -0.1) is 11.3 Å². The monoisotopic (exact) mass is 456 g/mol. The number of nitrogens with zero attached hydrogens (tertiary/aromatic N) is 2. The van der Waals surface area contributed by atoms with E-state index < -0.39 is 5.41 Å². The number of nitrogens with one attached hydrogen (secondary N) is 2. The summed E-state index contributed by atoms with van der Waals surface area (Å²) < 4.78 is 0. The molecule has 0 saturated heterocycles. The van der Waals surface area contributed by atoms with Crippen molar-refractivity contribution in [3.05, 3.63) is 107 Å². The smallest absolute Gasteiger partial charge is 0.232 e. The lowest BCUT2D eigenvalue weighted by atomic mass is 9.71. The zero-order valence-electron chi connectivity index (χ0n) is 19.1. The van der Waals surface area contributed by atoms with E-state index in [4.69, 9.17) is 0 Å². The molecule has 0 aliphatic carbocycles. The fourth-order valence-corrected chi connectivity index (χ4v) is 4.45. The first-order valence-corrected chi connectivity index (χ1v) is 11.8. The zero-order valence-corrected chi connectivity index (χ0v) is 19.9. The molecule has 5 nitrogen and oxygen atoms in total. The second-order valence-electron chi connectivity index (χ2n) is 8.67. The first-order valence-electron chi connectivity index (χ1n) is 10.9. The molecule has 0 aliphatic heterocycles. The molecule has 0 radical (unpaired) electrons. The minimum absolute atomic E-state index is 0.0760. The molecule has 4 aromatic rings. The highest BCUT2D eigenvalue weighted by Gasteiger charge is 2.39. The lowest BCUT2D eigenvalue weighted by molar-refractivity contribution is -0.124. The molecule has 6 heteroatoms. The Morgan fingerprint density at radius 2 is 1.73 bits per heavy atom. The molecule has 2 heterocycles. The Balaban J connectivity index is 1.57. The van der Waals surface area contributed by atoms with Crippen LogP contribution < -0.4 is 10.6 Å². The number of thiazole rings is 1. The van der Waals surface area contributed by atoms with E-state index in [2.05, 4.69) is 70.0 Å². The van der Waals surface area contributed by atoms with Gasteiger partial charge in [-0.1, -0.05) is 80.1 Å². The molecule has 0 spiro atoms. The molecule has 0 bridgehead atoms. The van der Waals surface area contributed by atoms with Crippen LogP contribution in [0.25, 0.3) is 0 Å². The number of aromatic nitrogens is 2. The Labute approximate surface area is 198 Å². The Morgan fingerprint density at radius 1 is 0.970 bits per heavy atom. The van der Waals surface area contributed by atoms with Crippen molar-refractivity contribution in [2.45, 2.75) is 33.2 Å². The van der Waals surface area contributed by atoms with Crippen molar-refractivity contribution in [1.82, 2.24) is 9.97 Å². The van der Waals surface area contributed by atoms with E-state index in [9.17, 15) is 4.79 Å². The predicted molar refractivity (Wildman–Crippen MR) is 136 cm³/mol. The topological polar surface area (TPSA) is 66.9 Å².